The highest BCUT2D eigenvalue weighted by molar-refractivity contribution is 4.87. The van der Waals surface area contributed by atoms with Crippen molar-refractivity contribution in [2.75, 3.05) is 0 Å². The van der Waals surface area contributed by atoms with Gasteiger partial charge in [0.2, 0.25) is 0 Å². The highest BCUT2D eigenvalue weighted by Gasteiger charge is 2.25. The van der Waals surface area contributed by atoms with Crippen LogP contribution in [0.1, 0.15) is 39.5 Å². The predicted octanol–water partition coefficient (Wildman–Crippen LogP) is 2.07. The van der Waals surface area contributed by atoms with E-state index in [9.17, 15) is 0 Å². The third-order valence-corrected chi connectivity index (χ3v) is 2.22. The molecule has 0 bridgehead atoms. The molecule has 0 aromatic heterocycles. The first-order valence-corrected chi connectivity index (χ1v) is 4.85. The van der Waals surface area contributed by atoms with Gasteiger partial charge in [-0.2, -0.15) is 5.26 Å². The maximum Gasteiger partial charge on any atom is 0.0638 e. The summed E-state index contributed by atoms with van der Waals surface area (Å²) in [5, 5.41) is 12.0. The Bertz CT molecular complexity index is 161. The number of nitrogens with zero attached hydrogens (tertiary/aromatic N) is 1. The van der Waals surface area contributed by atoms with Crippen molar-refractivity contribution in [3.8, 4) is 6.07 Å². The van der Waals surface area contributed by atoms with Gasteiger partial charge in [-0.25, -0.2) is 0 Å². The zero-order chi connectivity index (χ0) is 8.97. The van der Waals surface area contributed by atoms with Crippen LogP contribution in [0.25, 0.3) is 0 Å². The summed E-state index contributed by atoms with van der Waals surface area (Å²) in [5.74, 6) is 0.912. The Kier molecular flexibility index (Phi) is 3.55. The zero-order valence-electron chi connectivity index (χ0n) is 8.01. The molecule has 68 valence electrons. The fraction of sp³-hybridized carbons (Fsp3) is 0.900. The van der Waals surface area contributed by atoms with Crippen LogP contribution >= 0.6 is 0 Å². The second-order valence-corrected chi connectivity index (χ2v) is 4.06. The second kappa shape index (κ2) is 4.47. The lowest BCUT2D eigenvalue weighted by Crippen LogP contribution is -2.34. The first kappa shape index (κ1) is 9.54. The quantitative estimate of drug-likeness (QED) is 0.678. The molecule has 0 aliphatic heterocycles. The Morgan fingerprint density at radius 3 is 2.58 bits per heavy atom. The van der Waals surface area contributed by atoms with Crippen molar-refractivity contribution in [1.82, 2.24) is 5.32 Å². The van der Waals surface area contributed by atoms with Crippen molar-refractivity contribution in [2.24, 2.45) is 5.92 Å². The van der Waals surface area contributed by atoms with Gasteiger partial charge in [0, 0.05) is 12.1 Å². The summed E-state index contributed by atoms with van der Waals surface area (Å²) in [4.78, 5) is 0. The summed E-state index contributed by atoms with van der Waals surface area (Å²) in [6.45, 7) is 4.27. The molecule has 1 fully saturated rings. The van der Waals surface area contributed by atoms with Gasteiger partial charge in [-0.3, -0.25) is 0 Å². The Balaban J connectivity index is 2.21. The van der Waals surface area contributed by atoms with E-state index in [1.807, 2.05) is 0 Å². The molecular weight excluding hydrogens is 148 g/mol. The molecule has 1 aliphatic carbocycles. The van der Waals surface area contributed by atoms with E-state index in [-0.39, 0.29) is 0 Å². The summed E-state index contributed by atoms with van der Waals surface area (Å²) in [7, 11) is 0. The normalized spacial score (nSPS) is 19.2. The van der Waals surface area contributed by atoms with Gasteiger partial charge in [0.15, 0.2) is 0 Å². The van der Waals surface area contributed by atoms with E-state index in [2.05, 4.69) is 25.2 Å². The third kappa shape index (κ3) is 3.73. The van der Waals surface area contributed by atoms with Gasteiger partial charge in [-0.1, -0.05) is 26.7 Å². The lowest BCUT2D eigenvalue weighted by Gasteiger charge is -2.18. The van der Waals surface area contributed by atoms with Crippen LogP contribution in [0, 0.1) is 17.2 Å². The van der Waals surface area contributed by atoms with E-state index < -0.39 is 0 Å². The van der Waals surface area contributed by atoms with Crippen molar-refractivity contribution in [3.63, 3.8) is 0 Å². The molecule has 0 saturated heterocycles. The van der Waals surface area contributed by atoms with Gasteiger partial charge in [0.05, 0.1) is 12.5 Å². The molecule has 0 amide bonds. The molecule has 0 aromatic carbocycles. The van der Waals surface area contributed by atoms with E-state index >= 15 is 0 Å². The smallest absolute Gasteiger partial charge is 0.0638 e. The molecule has 0 aromatic rings. The van der Waals surface area contributed by atoms with Crippen molar-refractivity contribution in [2.45, 2.75) is 51.6 Å². The van der Waals surface area contributed by atoms with Crippen LogP contribution in [-0.4, -0.2) is 12.1 Å². The third-order valence-electron chi connectivity index (χ3n) is 2.22. The summed E-state index contributed by atoms with van der Waals surface area (Å²) in [5.41, 5.74) is 0. The van der Waals surface area contributed by atoms with E-state index in [4.69, 9.17) is 5.26 Å². The molecule has 1 saturated carbocycles. The molecule has 2 nitrogen and oxygen atoms in total. The minimum absolute atomic E-state index is 0.433. The van der Waals surface area contributed by atoms with Crippen LogP contribution in [0.15, 0.2) is 0 Å². The molecule has 1 unspecified atom stereocenters. The van der Waals surface area contributed by atoms with Gasteiger partial charge < -0.3 is 5.32 Å². The van der Waals surface area contributed by atoms with E-state index in [0.29, 0.717) is 18.5 Å². The van der Waals surface area contributed by atoms with Gasteiger partial charge >= 0.3 is 0 Å². The van der Waals surface area contributed by atoms with Crippen molar-refractivity contribution >= 4 is 0 Å². The zero-order valence-corrected chi connectivity index (χ0v) is 8.01. The summed E-state index contributed by atoms with van der Waals surface area (Å²) >= 11 is 0. The molecule has 2 heteroatoms. The molecule has 12 heavy (non-hydrogen) atoms. The van der Waals surface area contributed by atoms with E-state index in [0.717, 1.165) is 5.92 Å². The Labute approximate surface area is 75.0 Å². The molecule has 1 rings (SSSR count). The molecule has 1 N–H and O–H groups in total. The Morgan fingerprint density at radius 1 is 1.50 bits per heavy atom. The number of hydrogen-bond donors (Lipinski definition) is 1. The van der Waals surface area contributed by atoms with E-state index in [1.165, 1.54) is 19.3 Å². The standard InChI is InChI=1S/C10H18N2/c1-8(2)12-10(5-6-11)7-9-3-4-9/h8-10,12H,3-5,7H2,1-2H3. The predicted molar refractivity (Wildman–Crippen MR) is 49.6 cm³/mol. The fourth-order valence-electron chi connectivity index (χ4n) is 1.55. The lowest BCUT2D eigenvalue weighted by molar-refractivity contribution is 0.426. The Morgan fingerprint density at radius 2 is 2.17 bits per heavy atom. The largest absolute Gasteiger partial charge is 0.311 e. The van der Waals surface area contributed by atoms with Crippen LogP contribution in [0.2, 0.25) is 0 Å². The molecular formula is C10H18N2. The molecule has 1 atom stereocenters. The average Bonchev–Trinajstić information content (AvgIpc) is 2.70. The van der Waals surface area contributed by atoms with Gasteiger partial charge in [0.1, 0.15) is 0 Å². The number of nitrogens with one attached hydrogen (secondary N) is 1. The van der Waals surface area contributed by atoms with Crippen LogP contribution in [0.5, 0.6) is 0 Å². The Hall–Kier alpha value is -0.550. The summed E-state index contributed by atoms with van der Waals surface area (Å²) < 4.78 is 0. The molecule has 1 aliphatic rings. The number of nitriles is 1. The van der Waals surface area contributed by atoms with Gasteiger partial charge in [0.25, 0.3) is 0 Å². The van der Waals surface area contributed by atoms with Crippen LogP contribution in [-0.2, 0) is 0 Å². The monoisotopic (exact) mass is 166 g/mol. The molecule has 0 heterocycles. The van der Waals surface area contributed by atoms with Crippen molar-refractivity contribution in [3.05, 3.63) is 0 Å². The van der Waals surface area contributed by atoms with Crippen LogP contribution in [0.4, 0.5) is 0 Å². The SMILES string of the molecule is CC(C)NC(CC#N)CC1CC1. The lowest BCUT2D eigenvalue weighted by atomic mass is 10.1. The minimum atomic E-state index is 0.433. The first-order valence-electron chi connectivity index (χ1n) is 4.85. The van der Waals surface area contributed by atoms with Crippen molar-refractivity contribution in [1.29, 1.82) is 5.26 Å². The minimum Gasteiger partial charge on any atom is -0.311 e. The van der Waals surface area contributed by atoms with Crippen LogP contribution < -0.4 is 5.32 Å². The maximum absolute atomic E-state index is 8.59. The summed E-state index contributed by atoms with van der Waals surface area (Å²) in [6.07, 6.45) is 4.61. The highest BCUT2D eigenvalue weighted by Crippen LogP contribution is 2.34. The highest BCUT2D eigenvalue weighted by atomic mass is 14.9. The van der Waals surface area contributed by atoms with Gasteiger partial charge in [-0.15, -0.1) is 0 Å². The maximum atomic E-state index is 8.59. The van der Waals surface area contributed by atoms with Crippen molar-refractivity contribution < 1.29 is 0 Å². The summed E-state index contributed by atoms with van der Waals surface area (Å²) in [6, 6.07) is 3.18. The second-order valence-electron chi connectivity index (χ2n) is 4.06. The number of hydrogen-bond acceptors (Lipinski definition) is 2. The average molecular weight is 166 g/mol. The van der Waals surface area contributed by atoms with Gasteiger partial charge in [-0.05, 0) is 12.3 Å². The number of rotatable bonds is 5. The topological polar surface area (TPSA) is 35.8 Å². The van der Waals surface area contributed by atoms with Crippen LogP contribution in [0.3, 0.4) is 0 Å². The molecule has 0 spiro atoms. The first-order chi connectivity index (χ1) is 5.72. The fourth-order valence-corrected chi connectivity index (χ4v) is 1.55. The van der Waals surface area contributed by atoms with E-state index in [1.54, 1.807) is 0 Å². The molecule has 0 radical (unpaired) electrons.